The number of benzene rings is 1. The third-order valence-electron chi connectivity index (χ3n) is 2.73. The van der Waals surface area contributed by atoms with E-state index < -0.39 is 9.84 Å². The van der Waals surface area contributed by atoms with Gasteiger partial charge in [-0.2, -0.15) is 0 Å². The normalized spacial score (nSPS) is 15.1. The van der Waals surface area contributed by atoms with Crippen molar-refractivity contribution < 1.29 is 8.42 Å². The Balaban J connectivity index is 2.72. The van der Waals surface area contributed by atoms with Crippen LogP contribution >= 0.6 is 0 Å². The Labute approximate surface area is 110 Å². The largest absolute Gasteiger partial charge is 0.383 e. The predicted octanol–water partition coefficient (Wildman–Crippen LogP) is 2.02. The molecular formula is C13H22N2O2S. The highest BCUT2D eigenvalue weighted by Crippen LogP contribution is 2.16. The molecule has 0 bridgehead atoms. The van der Waals surface area contributed by atoms with Crippen molar-refractivity contribution in [2.75, 3.05) is 11.1 Å². The molecular weight excluding hydrogens is 248 g/mol. The van der Waals surface area contributed by atoms with E-state index in [9.17, 15) is 8.42 Å². The Morgan fingerprint density at radius 1 is 1.22 bits per heavy atom. The molecule has 5 heteroatoms. The van der Waals surface area contributed by atoms with Crippen molar-refractivity contribution in [3.63, 3.8) is 0 Å². The molecule has 1 aromatic carbocycles. The van der Waals surface area contributed by atoms with Crippen LogP contribution in [-0.4, -0.2) is 26.3 Å². The van der Waals surface area contributed by atoms with Crippen LogP contribution in [0.15, 0.2) is 29.2 Å². The topological polar surface area (TPSA) is 72.2 Å². The summed E-state index contributed by atoms with van der Waals surface area (Å²) in [7, 11) is -3.11. The molecule has 1 rings (SSSR count). The summed E-state index contributed by atoms with van der Waals surface area (Å²) in [6.45, 7) is 5.67. The third-order valence-corrected chi connectivity index (χ3v) is 4.48. The van der Waals surface area contributed by atoms with Gasteiger partial charge in [0.15, 0.2) is 9.84 Å². The summed E-state index contributed by atoms with van der Waals surface area (Å²) in [4.78, 5) is 0.371. The zero-order valence-corrected chi connectivity index (χ0v) is 12.0. The molecule has 0 saturated heterocycles. The lowest BCUT2D eigenvalue weighted by Crippen LogP contribution is -2.26. The highest BCUT2D eigenvalue weighted by molar-refractivity contribution is 7.91. The van der Waals surface area contributed by atoms with Crippen LogP contribution in [0, 0.1) is 0 Å². The van der Waals surface area contributed by atoms with Gasteiger partial charge in [0.05, 0.1) is 10.6 Å². The summed E-state index contributed by atoms with van der Waals surface area (Å²) >= 11 is 0. The monoisotopic (exact) mass is 270 g/mol. The summed E-state index contributed by atoms with van der Waals surface area (Å²) in [5.74, 6) is 0.126. The van der Waals surface area contributed by atoms with E-state index in [0.717, 1.165) is 12.1 Å². The Morgan fingerprint density at radius 2 is 1.78 bits per heavy atom. The van der Waals surface area contributed by atoms with Crippen LogP contribution in [0.3, 0.4) is 0 Å². The zero-order valence-electron chi connectivity index (χ0n) is 11.2. The number of nitrogens with one attached hydrogen (secondary N) is 1. The van der Waals surface area contributed by atoms with Crippen molar-refractivity contribution in [3.05, 3.63) is 24.3 Å². The molecule has 4 nitrogen and oxygen atoms in total. The van der Waals surface area contributed by atoms with Gasteiger partial charge >= 0.3 is 0 Å². The maximum absolute atomic E-state index is 11.6. The summed E-state index contributed by atoms with van der Waals surface area (Å²) in [6, 6.07) is 7.27. The highest BCUT2D eigenvalue weighted by atomic mass is 32.2. The maximum Gasteiger partial charge on any atom is 0.178 e. The fourth-order valence-electron chi connectivity index (χ4n) is 1.83. The smallest absolute Gasteiger partial charge is 0.178 e. The van der Waals surface area contributed by atoms with Gasteiger partial charge in [0.25, 0.3) is 0 Å². The van der Waals surface area contributed by atoms with E-state index >= 15 is 0 Å². The lowest BCUT2D eigenvalue weighted by atomic mass is 10.1. The number of sulfone groups is 1. The SMILES string of the molecule is CCS(=O)(=O)c1ccc(NC(C)CC(C)N)cc1. The summed E-state index contributed by atoms with van der Waals surface area (Å²) in [5, 5.41) is 3.30. The van der Waals surface area contributed by atoms with Gasteiger partial charge in [0.2, 0.25) is 0 Å². The van der Waals surface area contributed by atoms with E-state index in [1.807, 2.05) is 6.92 Å². The van der Waals surface area contributed by atoms with Crippen LogP contribution in [-0.2, 0) is 9.84 Å². The van der Waals surface area contributed by atoms with Gasteiger partial charge in [-0.15, -0.1) is 0 Å². The molecule has 102 valence electrons. The van der Waals surface area contributed by atoms with Crippen molar-refractivity contribution in [3.8, 4) is 0 Å². The van der Waals surface area contributed by atoms with Crippen molar-refractivity contribution in [2.45, 2.75) is 44.2 Å². The molecule has 2 unspecified atom stereocenters. The van der Waals surface area contributed by atoms with E-state index in [4.69, 9.17) is 5.73 Å². The molecule has 0 saturated carbocycles. The van der Waals surface area contributed by atoms with Gasteiger partial charge in [0.1, 0.15) is 0 Å². The molecule has 0 amide bonds. The zero-order chi connectivity index (χ0) is 13.8. The third kappa shape index (κ3) is 4.31. The van der Waals surface area contributed by atoms with Gasteiger partial charge in [-0.1, -0.05) is 6.92 Å². The summed E-state index contributed by atoms with van der Waals surface area (Å²) in [6.07, 6.45) is 0.870. The Hall–Kier alpha value is -1.07. The number of nitrogens with two attached hydrogens (primary N) is 1. The predicted molar refractivity (Wildman–Crippen MR) is 75.5 cm³/mol. The van der Waals surface area contributed by atoms with E-state index in [1.165, 1.54) is 0 Å². The molecule has 0 aliphatic rings. The van der Waals surface area contributed by atoms with Crippen molar-refractivity contribution in [2.24, 2.45) is 5.73 Å². The van der Waals surface area contributed by atoms with Gasteiger partial charge in [0, 0.05) is 17.8 Å². The van der Waals surface area contributed by atoms with E-state index in [0.29, 0.717) is 4.90 Å². The molecule has 2 atom stereocenters. The lowest BCUT2D eigenvalue weighted by Gasteiger charge is -2.17. The summed E-state index contributed by atoms with van der Waals surface area (Å²) in [5.41, 5.74) is 6.64. The molecule has 0 aromatic heterocycles. The minimum atomic E-state index is -3.11. The highest BCUT2D eigenvalue weighted by Gasteiger charge is 2.11. The molecule has 0 spiro atoms. The number of hydrogen-bond donors (Lipinski definition) is 2. The first kappa shape index (κ1) is 15.0. The van der Waals surface area contributed by atoms with E-state index in [-0.39, 0.29) is 17.8 Å². The standard InChI is InChI=1S/C13H22N2O2S/c1-4-18(16,17)13-7-5-12(6-8-13)15-11(3)9-10(2)14/h5-8,10-11,15H,4,9,14H2,1-3H3. The first-order valence-corrected chi connectivity index (χ1v) is 7.85. The number of hydrogen-bond acceptors (Lipinski definition) is 4. The molecule has 0 heterocycles. The van der Waals surface area contributed by atoms with Crippen molar-refractivity contribution in [1.82, 2.24) is 0 Å². The first-order valence-electron chi connectivity index (χ1n) is 6.20. The molecule has 0 aliphatic carbocycles. The quantitative estimate of drug-likeness (QED) is 0.829. The minimum Gasteiger partial charge on any atom is -0.383 e. The first-order chi connectivity index (χ1) is 8.35. The average Bonchev–Trinajstić information content (AvgIpc) is 2.28. The van der Waals surface area contributed by atoms with Crippen LogP contribution in [0.5, 0.6) is 0 Å². The van der Waals surface area contributed by atoms with Gasteiger partial charge in [-0.25, -0.2) is 8.42 Å². The lowest BCUT2D eigenvalue weighted by molar-refractivity contribution is 0.597. The molecule has 0 aliphatic heterocycles. The Bertz CT molecular complexity index is 466. The van der Waals surface area contributed by atoms with Gasteiger partial charge < -0.3 is 11.1 Å². The fourth-order valence-corrected chi connectivity index (χ4v) is 2.71. The van der Waals surface area contributed by atoms with Crippen LogP contribution in [0.1, 0.15) is 27.2 Å². The van der Waals surface area contributed by atoms with Crippen LogP contribution in [0.4, 0.5) is 5.69 Å². The molecule has 18 heavy (non-hydrogen) atoms. The molecule has 0 radical (unpaired) electrons. The van der Waals surface area contributed by atoms with Crippen LogP contribution in [0.2, 0.25) is 0 Å². The van der Waals surface area contributed by atoms with E-state index in [2.05, 4.69) is 12.2 Å². The van der Waals surface area contributed by atoms with Gasteiger partial charge in [-0.05, 0) is 44.5 Å². The molecule has 0 fully saturated rings. The molecule has 3 N–H and O–H groups in total. The summed E-state index contributed by atoms with van der Waals surface area (Å²) < 4.78 is 23.3. The van der Waals surface area contributed by atoms with Crippen LogP contribution < -0.4 is 11.1 Å². The number of anilines is 1. The molecule has 1 aromatic rings. The Kier molecular flexibility index (Phi) is 5.16. The minimum absolute atomic E-state index is 0.126. The fraction of sp³-hybridized carbons (Fsp3) is 0.538. The Morgan fingerprint density at radius 3 is 2.22 bits per heavy atom. The second kappa shape index (κ2) is 6.20. The second-order valence-electron chi connectivity index (χ2n) is 4.69. The van der Waals surface area contributed by atoms with Crippen molar-refractivity contribution >= 4 is 15.5 Å². The van der Waals surface area contributed by atoms with Gasteiger partial charge in [-0.3, -0.25) is 0 Å². The maximum atomic E-state index is 11.6. The average molecular weight is 270 g/mol. The van der Waals surface area contributed by atoms with Crippen LogP contribution in [0.25, 0.3) is 0 Å². The van der Waals surface area contributed by atoms with Crippen molar-refractivity contribution in [1.29, 1.82) is 0 Å². The van der Waals surface area contributed by atoms with E-state index in [1.54, 1.807) is 31.2 Å². The second-order valence-corrected chi connectivity index (χ2v) is 6.96. The number of rotatable bonds is 6.